The Morgan fingerprint density at radius 3 is 3.04 bits per heavy atom. The first-order chi connectivity index (χ1) is 12.6. The average Bonchev–Trinajstić information content (AvgIpc) is 3.36. The normalized spacial score (nSPS) is 17.2. The summed E-state index contributed by atoms with van der Waals surface area (Å²) in [5.74, 6) is 1.46. The van der Waals surface area contributed by atoms with Gasteiger partial charge in [-0.15, -0.1) is 11.3 Å². The number of carbonyl (C=O) groups excluding carboxylic acids is 1. The van der Waals surface area contributed by atoms with Crippen LogP contribution in [-0.4, -0.2) is 31.9 Å². The summed E-state index contributed by atoms with van der Waals surface area (Å²) in [5, 5.41) is 6.04. The zero-order valence-electron chi connectivity index (χ0n) is 14.8. The van der Waals surface area contributed by atoms with Gasteiger partial charge in [0.25, 0.3) is 5.91 Å². The van der Waals surface area contributed by atoms with Crippen LogP contribution in [0.15, 0.2) is 34.4 Å². The Labute approximate surface area is 155 Å². The molecule has 0 aliphatic carbocycles. The van der Waals surface area contributed by atoms with E-state index in [0.717, 1.165) is 41.9 Å². The van der Waals surface area contributed by atoms with Crippen molar-refractivity contribution in [3.63, 3.8) is 0 Å². The number of fused-ring (bicyclic) bond motifs is 1. The van der Waals surface area contributed by atoms with Gasteiger partial charge >= 0.3 is 0 Å². The highest BCUT2D eigenvalue weighted by molar-refractivity contribution is 7.09. The van der Waals surface area contributed by atoms with Gasteiger partial charge in [-0.3, -0.25) is 9.69 Å². The quantitative estimate of drug-likeness (QED) is 0.746. The van der Waals surface area contributed by atoms with Crippen LogP contribution in [0.5, 0.6) is 0 Å². The molecule has 0 fully saturated rings. The SMILES string of the molecule is Cc1csc(CN2CCn3cc(C(=O)NCc4ccco4)nc3[C@H]2C)n1. The topological polar surface area (TPSA) is 76.2 Å². The molecular formula is C18H21N5O2S. The highest BCUT2D eigenvalue weighted by atomic mass is 32.1. The Bertz CT molecular complexity index is 899. The van der Waals surface area contributed by atoms with E-state index in [1.807, 2.05) is 19.2 Å². The standard InChI is InChI=1S/C18H21N5O2S/c1-12-11-26-16(20-12)10-22-5-6-23-9-15(21-17(23)13(22)2)18(24)19-8-14-4-3-7-25-14/h3-4,7,9,11,13H,5-6,8,10H2,1-2H3,(H,19,24)/t13-/m1/s1. The average molecular weight is 371 g/mol. The molecule has 0 unspecified atom stereocenters. The van der Waals surface area contributed by atoms with E-state index >= 15 is 0 Å². The van der Waals surface area contributed by atoms with Crippen LogP contribution < -0.4 is 5.32 Å². The zero-order valence-corrected chi connectivity index (χ0v) is 15.6. The second-order valence-electron chi connectivity index (χ2n) is 6.47. The van der Waals surface area contributed by atoms with Crippen LogP contribution in [0.3, 0.4) is 0 Å². The van der Waals surface area contributed by atoms with Crippen molar-refractivity contribution in [2.75, 3.05) is 6.54 Å². The minimum atomic E-state index is -0.183. The predicted molar refractivity (Wildman–Crippen MR) is 97.8 cm³/mol. The Morgan fingerprint density at radius 2 is 2.31 bits per heavy atom. The molecule has 0 spiro atoms. The van der Waals surface area contributed by atoms with Crippen LogP contribution in [0, 0.1) is 6.92 Å². The van der Waals surface area contributed by atoms with Gasteiger partial charge in [0.2, 0.25) is 0 Å². The van der Waals surface area contributed by atoms with E-state index < -0.39 is 0 Å². The third kappa shape index (κ3) is 3.42. The van der Waals surface area contributed by atoms with Crippen LogP contribution in [0.1, 0.15) is 45.7 Å². The summed E-state index contributed by atoms with van der Waals surface area (Å²) in [6.45, 7) is 7.05. The first-order valence-electron chi connectivity index (χ1n) is 8.63. The van der Waals surface area contributed by atoms with Gasteiger partial charge in [-0.1, -0.05) is 0 Å². The molecule has 1 aliphatic rings. The van der Waals surface area contributed by atoms with Gasteiger partial charge in [-0.25, -0.2) is 9.97 Å². The highest BCUT2D eigenvalue weighted by Gasteiger charge is 2.28. The Balaban J connectivity index is 1.44. The smallest absolute Gasteiger partial charge is 0.271 e. The molecule has 136 valence electrons. The molecule has 4 heterocycles. The van der Waals surface area contributed by atoms with E-state index in [-0.39, 0.29) is 11.9 Å². The Kier molecular flexibility index (Phi) is 4.60. The van der Waals surface area contributed by atoms with Crippen molar-refractivity contribution >= 4 is 17.2 Å². The fourth-order valence-electron chi connectivity index (χ4n) is 3.18. The molecule has 3 aromatic heterocycles. The van der Waals surface area contributed by atoms with Gasteiger partial charge in [0, 0.05) is 30.4 Å². The molecule has 26 heavy (non-hydrogen) atoms. The van der Waals surface area contributed by atoms with Crippen LogP contribution in [0.25, 0.3) is 0 Å². The maximum Gasteiger partial charge on any atom is 0.271 e. The van der Waals surface area contributed by atoms with E-state index in [4.69, 9.17) is 4.42 Å². The van der Waals surface area contributed by atoms with Crippen LogP contribution in [0.2, 0.25) is 0 Å². The monoisotopic (exact) mass is 371 g/mol. The number of thiazole rings is 1. The molecule has 0 aromatic carbocycles. The van der Waals surface area contributed by atoms with Crippen LogP contribution >= 0.6 is 11.3 Å². The van der Waals surface area contributed by atoms with Gasteiger partial charge in [-0.05, 0) is 26.0 Å². The number of aryl methyl sites for hydroxylation is 1. The van der Waals surface area contributed by atoms with Crippen LogP contribution in [0.4, 0.5) is 0 Å². The fourth-order valence-corrected chi connectivity index (χ4v) is 3.98. The summed E-state index contributed by atoms with van der Waals surface area (Å²) in [6.07, 6.45) is 3.44. The minimum Gasteiger partial charge on any atom is -0.467 e. The van der Waals surface area contributed by atoms with Gasteiger partial charge in [0.15, 0.2) is 0 Å². The van der Waals surface area contributed by atoms with Crippen molar-refractivity contribution in [2.45, 2.75) is 39.5 Å². The molecule has 1 N–H and O–H groups in total. The lowest BCUT2D eigenvalue weighted by molar-refractivity contribution is 0.0943. The Hall–Kier alpha value is -2.45. The van der Waals surface area contributed by atoms with Gasteiger partial charge in [0.05, 0.1) is 25.4 Å². The predicted octanol–water partition coefficient (Wildman–Crippen LogP) is 2.75. The number of hydrogen-bond acceptors (Lipinski definition) is 6. The molecular weight excluding hydrogens is 350 g/mol. The summed E-state index contributed by atoms with van der Waals surface area (Å²) in [5.41, 5.74) is 1.51. The lowest BCUT2D eigenvalue weighted by Gasteiger charge is -2.32. The third-order valence-electron chi connectivity index (χ3n) is 4.60. The van der Waals surface area contributed by atoms with Gasteiger partial charge < -0.3 is 14.3 Å². The van der Waals surface area contributed by atoms with Crippen molar-refractivity contribution in [1.82, 2.24) is 24.8 Å². The summed E-state index contributed by atoms with van der Waals surface area (Å²) >= 11 is 1.69. The number of carbonyl (C=O) groups is 1. The van der Waals surface area contributed by atoms with E-state index in [2.05, 4.69) is 37.1 Å². The summed E-state index contributed by atoms with van der Waals surface area (Å²) in [6, 6.07) is 3.77. The maximum absolute atomic E-state index is 12.4. The second-order valence-corrected chi connectivity index (χ2v) is 7.41. The maximum atomic E-state index is 12.4. The van der Waals surface area contributed by atoms with E-state index in [1.165, 1.54) is 0 Å². The van der Waals surface area contributed by atoms with E-state index in [0.29, 0.717) is 12.2 Å². The van der Waals surface area contributed by atoms with Gasteiger partial charge in [0.1, 0.15) is 22.3 Å². The van der Waals surface area contributed by atoms with Crippen molar-refractivity contribution in [2.24, 2.45) is 0 Å². The number of rotatable bonds is 5. The first kappa shape index (κ1) is 17.0. The summed E-state index contributed by atoms with van der Waals surface area (Å²) in [7, 11) is 0. The van der Waals surface area contributed by atoms with Crippen LogP contribution in [-0.2, 0) is 19.6 Å². The molecule has 0 saturated carbocycles. The van der Waals surface area contributed by atoms with Crippen molar-refractivity contribution < 1.29 is 9.21 Å². The molecule has 8 heteroatoms. The summed E-state index contributed by atoms with van der Waals surface area (Å²) in [4.78, 5) is 23.9. The number of amides is 1. The molecule has 4 rings (SSSR count). The Morgan fingerprint density at radius 1 is 1.42 bits per heavy atom. The highest BCUT2D eigenvalue weighted by Crippen LogP contribution is 2.27. The number of aromatic nitrogens is 3. The minimum absolute atomic E-state index is 0.138. The molecule has 0 saturated heterocycles. The second kappa shape index (κ2) is 7.05. The number of furan rings is 1. The zero-order chi connectivity index (χ0) is 18.1. The largest absolute Gasteiger partial charge is 0.467 e. The number of nitrogens with zero attached hydrogens (tertiary/aromatic N) is 4. The number of imidazole rings is 1. The van der Waals surface area contributed by atoms with Gasteiger partial charge in [-0.2, -0.15) is 0 Å². The third-order valence-corrected chi connectivity index (χ3v) is 5.55. The van der Waals surface area contributed by atoms with E-state index in [1.54, 1.807) is 23.7 Å². The van der Waals surface area contributed by atoms with Crippen molar-refractivity contribution in [1.29, 1.82) is 0 Å². The lowest BCUT2D eigenvalue weighted by Crippen LogP contribution is -2.36. The van der Waals surface area contributed by atoms with Crippen molar-refractivity contribution in [3.8, 4) is 0 Å². The molecule has 3 aromatic rings. The fraction of sp³-hybridized carbons (Fsp3) is 0.389. The molecule has 0 bridgehead atoms. The molecule has 0 radical (unpaired) electrons. The lowest BCUT2D eigenvalue weighted by atomic mass is 10.2. The summed E-state index contributed by atoms with van der Waals surface area (Å²) < 4.78 is 7.32. The first-order valence-corrected chi connectivity index (χ1v) is 9.51. The molecule has 7 nitrogen and oxygen atoms in total. The van der Waals surface area contributed by atoms with E-state index in [9.17, 15) is 4.79 Å². The molecule has 1 atom stereocenters. The number of nitrogens with one attached hydrogen (secondary N) is 1. The molecule has 1 aliphatic heterocycles. The number of hydrogen-bond donors (Lipinski definition) is 1. The molecule has 1 amide bonds. The van der Waals surface area contributed by atoms with Crippen molar-refractivity contribution in [3.05, 3.63) is 58.0 Å².